The van der Waals surface area contributed by atoms with Gasteiger partial charge in [0.1, 0.15) is 0 Å². The molecular formula is C16H21N3O. The van der Waals surface area contributed by atoms with E-state index in [9.17, 15) is 0 Å². The van der Waals surface area contributed by atoms with E-state index in [1.165, 1.54) is 6.42 Å². The summed E-state index contributed by atoms with van der Waals surface area (Å²) in [7, 11) is 0. The molecule has 106 valence electrons. The Labute approximate surface area is 119 Å². The molecule has 1 aromatic carbocycles. The van der Waals surface area contributed by atoms with Crippen molar-refractivity contribution in [2.24, 2.45) is 22.6 Å². The number of fused-ring (bicyclic) bond motifs is 3. The molecule has 1 aromatic rings. The van der Waals surface area contributed by atoms with Gasteiger partial charge in [0, 0.05) is 19.6 Å². The molecule has 0 bridgehead atoms. The first kappa shape index (κ1) is 12.2. The Morgan fingerprint density at radius 3 is 2.95 bits per heavy atom. The minimum absolute atomic E-state index is 0.701. The Morgan fingerprint density at radius 2 is 2.10 bits per heavy atom. The molecule has 3 atom stereocenters. The molecular weight excluding hydrogens is 250 g/mol. The summed E-state index contributed by atoms with van der Waals surface area (Å²) in [4.78, 5) is 6.76. The van der Waals surface area contributed by atoms with Crippen molar-refractivity contribution >= 4 is 5.96 Å². The molecule has 2 aliphatic carbocycles. The molecule has 3 aliphatic rings. The van der Waals surface area contributed by atoms with Crippen LogP contribution in [0.25, 0.3) is 0 Å². The lowest BCUT2D eigenvalue weighted by Crippen LogP contribution is -2.44. The summed E-state index contributed by atoms with van der Waals surface area (Å²) in [5.41, 5.74) is 9.19. The molecule has 20 heavy (non-hydrogen) atoms. The molecule has 0 spiro atoms. The third-order valence-corrected chi connectivity index (χ3v) is 5.00. The first-order valence-electron chi connectivity index (χ1n) is 7.55. The van der Waals surface area contributed by atoms with Gasteiger partial charge in [-0.05, 0) is 35.3 Å². The van der Waals surface area contributed by atoms with Crippen LogP contribution in [-0.4, -0.2) is 43.7 Å². The van der Waals surface area contributed by atoms with Gasteiger partial charge in [-0.2, -0.15) is 0 Å². The van der Waals surface area contributed by atoms with Crippen molar-refractivity contribution in [2.45, 2.75) is 12.3 Å². The van der Waals surface area contributed by atoms with E-state index in [1.54, 1.807) is 11.1 Å². The predicted molar refractivity (Wildman–Crippen MR) is 78.7 cm³/mol. The summed E-state index contributed by atoms with van der Waals surface area (Å²) in [6.07, 6.45) is 1.23. The van der Waals surface area contributed by atoms with Crippen molar-refractivity contribution in [2.75, 3.05) is 32.8 Å². The normalized spacial score (nSPS) is 31.9. The van der Waals surface area contributed by atoms with Gasteiger partial charge in [0.2, 0.25) is 0 Å². The van der Waals surface area contributed by atoms with E-state index in [0.29, 0.717) is 11.9 Å². The van der Waals surface area contributed by atoms with Gasteiger partial charge in [-0.25, -0.2) is 0 Å². The molecule has 0 radical (unpaired) electrons. The van der Waals surface area contributed by atoms with Gasteiger partial charge in [-0.1, -0.05) is 24.3 Å². The molecule has 1 saturated carbocycles. The van der Waals surface area contributed by atoms with E-state index < -0.39 is 0 Å². The lowest BCUT2D eigenvalue weighted by molar-refractivity contribution is 0.0674. The topological polar surface area (TPSA) is 50.8 Å². The fourth-order valence-corrected chi connectivity index (χ4v) is 3.82. The van der Waals surface area contributed by atoms with Crippen molar-refractivity contribution in [3.8, 4) is 0 Å². The number of guanidine groups is 1. The van der Waals surface area contributed by atoms with Crippen LogP contribution < -0.4 is 5.73 Å². The van der Waals surface area contributed by atoms with E-state index >= 15 is 0 Å². The van der Waals surface area contributed by atoms with Gasteiger partial charge in [-0.3, -0.25) is 4.99 Å². The Balaban J connectivity index is 1.38. The molecule has 0 aromatic heterocycles. The summed E-state index contributed by atoms with van der Waals surface area (Å²) in [5.74, 6) is 2.97. The number of hydrogen-bond acceptors (Lipinski definition) is 2. The first-order chi connectivity index (χ1) is 9.84. The molecule has 1 heterocycles. The van der Waals surface area contributed by atoms with E-state index in [-0.39, 0.29) is 0 Å². The largest absolute Gasteiger partial charge is 0.378 e. The lowest BCUT2D eigenvalue weighted by Gasteiger charge is -2.27. The van der Waals surface area contributed by atoms with Gasteiger partial charge in [-0.15, -0.1) is 0 Å². The standard InChI is InChI=1S/C16H21N3O/c17-16(19-5-7-20-8-6-19)18-10-14-13-9-11-3-1-2-4-12(11)15(13)14/h1-4,13-15H,5-10H2,(H2,17,18). The Hall–Kier alpha value is -1.55. The zero-order valence-electron chi connectivity index (χ0n) is 11.7. The predicted octanol–water partition coefficient (Wildman–Crippen LogP) is 1.22. The van der Waals surface area contributed by atoms with Crippen molar-refractivity contribution in [1.82, 2.24) is 4.90 Å². The van der Waals surface area contributed by atoms with Gasteiger partial charge in [0.05, 0.1) is 13.2 Å². The Bertz CT molecular complexity index is 536. The molecule has 3 unspecified atom stereocenters. The van der Waals surface area contributed by atoms with Crippen LogP contribution in [0.15, 0.2) is 29.3 Å². The summed E-state index contributed by atoms with van der Waals surface area (Å²) < 4.78 is 5.34. The maximum atomic E-state index is 6.09. The number of aliphatic imine (C=N–C) groups is 1. The van der Waals surface area contributed by atoms with Gasteiger partial charge in [0.15, 0.2) is 5.96 Å². The summed E-state index contributed by atoms with van der Waals surface area (Å²) >= 11 is 0. The molecule has 0 amide bonds. The quantitative estimate of drug-likeness (QED) is 0.650. The van der Waals surface area contributed by atoms with Crippen LogP contribution in [0, 0.1) is 11.8 Å². The highest BCUT2D eigenvalue weighted by Crippen LogP contribution is 2.61. The second-order valence-corrected chi connectivity index (χ2v) is 6.05. The second-order valence-electron chi connectivity index (χ2n) is 6.05. The third kappa shape index (κ3) is 1.99. The number of benzene rings is 1. The fourth-order valence-electron chi connectivity index (χ4n) is 3.82. The van der Waals surface area contributed by atoms with Crippen LogP contribution in [0.3, 0.4) is 0 Å². The zero-order valence-corrected chi connectivity index (χ0v) is 11.7. The van der Waals surface area contributed by atoms with Crippen molar-refractivity contribution < 1.29 is 4.74 Å². The third-order valence-electron chi connectivity index (χ3n) is 5.00. The molecule has 4 rings (SSSR count). The number of hydrogen-bond donors (Lipinski definition) is 1. The number of ether oxygens (including phenoxy) is 1. The summed E-state index contributed by atoms with van der Waals surface area (Å²) in [6.45, 7) is 4.15. The van der Waals surface area contributed by atoms with Crippen LogP contribution in [0.2, 0.25) is 0 Å². The van der Waals surface area contributed by atoms with Crippen molar-refractivity contribution in [3.05, 3.63) is 35.4 Å². The van der Waals surface area contributed by atoms with Crippen LogP contribution in [0.5, 0.6) is 0 Å². The van der Waals surface area contributed by atoms with Gasteiger partial charge in [0.25, 0.3) is 0 Å². The van der Waals surface area contributed by atoms with Crippen LogP contribution in [0.1, 0.15) is 17.0 Å². The Kier molecular flexibility index (Phi) is 2.91. The van der Waals surface area contributed by atoms with E-state index in [0.717, 1.165) is 44.7 Å². The molecule has 4 heteroatoms. The molecule has 1 aliphatic heterocycles. The SMILES string of the molecule is NC(=NCC1C2Cc3ccccc3C12)N1CCOCC1. The van der Waals surface area contributed by atoms with E-state index in [1.807, 2.05) is 0 Å². The minimum atomic E-state index is 0.701. The molecule has 4 nitrogen and oxygen atoms in total. The average Bonchev–Trinajstić information content (AvgIpc) is 3.04. The second kappa shape index (κ2) is 4.77. The fraction of sp³-hybridized carbons (Fsp3) is 0.562. The number of morpholine rings is 1. The van der Waals surface area contributed by atoms with E-state index in [2.05, 4.69) is 34.2 Å². The first-order valence-corrected chi connectivity index (χ1v) is 7.55. The average molecular weight is 271 g/mol. The summed E-state index contributed by atoms with van der Waals surface area (Å²) in [5, 5.41) is 0. The smallest absolute Gasteiger partial charge is 0.191 e. The van der Waals surface area contributed by atoms with Gasteiger partial charge >= 0.3 is 0 Å². The number of nitrogens with zero attached hydrogens (tertiary/aromatic N) is 2. The monoisotopic (exact) mass is 271 g/mol. The highest BCUT2D eigenvalue weighted by Gasteiger charge is 2.54. The molecule has 2 N–H and O–H groups in total. The summed E-state index contributed by atoms with van der Waals surface area (Å²) in [6, 6.07) is 8.86. The molecule has 2 fully saturated rings. The van der Waals surface area contributed by atoms with E-state index in [4.69, 9.17) is 10.5 Å². The van der Waals surface area contributed by atoms with Crippen LogP contribution in [-0.2, 0) is 11.2 Å². The molecule has 1 saturated heterocycles. The van der Waals surface area contributed by atoms with Crippen molar-refractivity contribution in [1.29, 1.82) is 0 Å². The number of rotatable bonds is 2. The van der Waals surface area contributed by atoms with Crippen LogP contribution >= 0.6 is 0 Å². The minimum Gasteiger partial charge on any atom is -0.378 e. The lowest BCUT2D eigenvalue weighted by atomic mass is 10.0. The van der Waals surface area contributed by atoms with Crippen molar-refractivity contribution in [3.63, 3.8) is 0 Å². The maximum Gasteiger partial charge on any atom is 0.191 e. The highest BCUT2D eigenvalue weighted by atomic mass is 16.5. The maximum absolute atomic E-state index is 6.09. The van der Waals surface area contributed by atoms with Gasteiger partial charge < -0.3 is 15.4 Å². The highest BCUT2D eigenvalue weighted by molar-refractivity contribution is 5.78. The Morgan fingerprint density at radius 1 is 1.30 bits per heavy atom. The van der Waals surface area contributed by atoms with Crippen LogP contribution in [0.4, 0.5) is 0 Å². The zero-order chi connectivity index (χ0) is 13.5. The number of nitrogens with two attached hydrogens (primary N) is 1.